The van der Waals surface area contributed by atoms with Crippen LogP contribution in [-0.4, -0.2) is 48.1 Å². The fourth-order valence-corrected chi connectivity index (χ4v) is 2.63. The Labute approximate surface area is 108 Å². The van der Waals surface area contributed by atoms with Gasteiger partial charge in [0.05, 0.1) is 0 Å². The van der Waals surface area contributed by atoms with E-state index in [1.165, 1.54) is 0 Å². The Hall–Kier alpha value is -1.36. The van der Waals surface area contributed by atoms with Crippen molar-refractivity contribution < 1.29 is 0 Å². The second-order valence-corrected chi connectivity index (χ2v) is 5.32. The standard InChI is InChI=1S/C13H22N4O/c1-5-11-14-12(6-13(18)15-11)17-7-9(2)10(8-17)16(3)4/h6,9-10H,5,7-8H2,1-4H3,(H,14,15,18). The summed E-state index contributed by atoms with van der Waals surface area (Å²) in [6.45, 7) is 6.14. The summed E-state index contributed by atoms with van der Waals surface area (Å²) in [5.41, 5.74) is -0.0576. The van der Waals surface area contributed by atoms with Crippen LogP contribution in [0.1, 0.15) is 19.7 Å². The molecule has 100 valence electrons. The van der Waals surface area contributed by atoms with Crippen molar-refractivity contribution in [2.45, 2.75) is 26.3 Å². The van der Waals surface area contributed by atoms with Crippen molar-refractivity contribution >= 4 is 5.82 Å². The Bertz CT molecular complexity index is 468. The van der Waals surface area contributed by atoms with Crippen LogP contribution in [0.3, 0.4) is 0 Å². The van der Waals surface area contributed by atoms with Crippen LogP contribution in [0, 0.1) is 5.92 Å². The molecular formula is C13H22N4O. The molecule has 2 heterocycles. The molecule has 0 aromatic carbocycles. The van der Waals surface area contributed by atoms with E-state index in [0.29, 0.717) is 12.0 Å². The number of aromatic amines is 1. The van der Waals surface area contributed by atoms with Crippen molar-refractivity contribution in [3.05, 3.63) is 22.2 Å². The van der Waals surface area contributed by atoms with Crippen molar-refractivity contribution in [3.63, 3.8) is 0 Å². The average molecular weight is 250 g/mol. The first kappa shape index (κ1) is 13.1. The molecule has 1 saturated heterocycles. The van der Waals surface area contributed by atoms with Crippen molar-refractivity contribution in [2.24, 2.45) is 5.92 Å². The molecule has 0 saturated carbocycles. The maximum atomic E-state index is 11.6. The van der Waals surface area contributed by atoms with Crippen LogP contribution in [-0.2, 0) is 6.42 Å². The van der Waals surface area contributed by atoms with E-state index in [0.717, 1.165) is 31.2 Å². The lowest BCUT2D eigenvalue weighted by Gasteiger charge is -2.22. The summed E-state index contributed by atoms with van der Waals surface area (Å²) in [6, 6.07) is 2.13. The van der Waals surface area contributed by atoms with Gasteiger partial charge in [-0.2, -0.15) is 0 Å². The summed E-state index contributed by atoms with van der Waals surface area (Å²) in [7, 11) is 4.21. The monoisotopic (exact) mass is 250 g/mol. The summed E-state index contributed by atoms with van der Waals surface area (Å²) < 4.78 is 0. The zero-order chi connectivity index (χ0) is 13.3. The lowest BCUT2D eigenvalue weighted by molar-refractivity contribution is 0.266. The maximum absolute atomic E-state index is 11.6. The van der Waals surface area contributed by atoms with Crippen LogP contribution in [0.4, 0.5) is 5.82 Å². The third-order valence-electron chi connectivity index (χ3n) is 3.67. The minimum absolute atomic E-state index is 0.0576. The van der Waals surface area contributed by atoms with Gasteiger partial charge >= 0.3 is 0 Å². The van der Waals surface area contributed by atoms with E-state index >= 15 is 0 Å². The zero-order valence-electron chi connectivity index (χ0n) is 11.6. The highest BCUT2D eigenvalue weighted by molar-refractivity contribution is 5.39. The first-order chi connectivity index (χ1) is 8.51. The number of rotatable bonds is 3. The third kappa shape index (κ3) is 2.56. The van der Waals surface area contributed by atoms with Gasteiger partial charge in [-0.25, -0.2) is 4.98 Å². The Morgan fingerprint density at radius 1 is 1.50 bits per heavy atom. The lowest BCUT2D eigenvalue weighted by Crippen LogP contribution is -2.34. The SMILES string of the molecule is CCc1nc(N2CC(C)C(N(C)C)C2)cc(=O)[nH]1. The van der Waals surface area contributed by atoms with E-state index < -0.39 is 0 Å². The molecule has 0 aliphatic carbocycles. The van der Waals surface area contributed by atoms with E-state index in [9.17, 15) is 4.79 Å². The number of likely N-dealkylation sites (N-methyl/N-ethyl adjacent to an activating group) is 1. The van der Waals surface area contributed by atoms with Gasteiger partial charge in [-0.3, -0.25) is 4.79 Å². The highest BCUT2D eigenvalue weighted by Gasteiger charge is 2.31. The fourth-order valence-electron chi connectivity index (χ4n) is 2.63. The van der Waals surface area contributed by atoms with Gasteiger partial charge in [0, 0.05) is 31.6 Å². The Balaban J connectivity index is 2.23. The van der Waals surface area contributed by atoms with Crippen LogP contribution < -0.4 is 10.5 Å². The van der Waals surface area contributed by atoms with Gasteiger partial charge in [0.25, 0.3) is 5.56 Å². The fraction of sp³-hybridized carbons (Fsp3) is 0.692. The van der Waals surface area contributed by atoms with Gasteiger partial charge < -0.3 is 14.8 Å². The van der Waals surface area contributed by atoms with Crippen LogP contribution >= 0.6 is 0 Å². The second kappa shape index (κ2) is 5.10. The largest absolute Gasteiger partial charge is 0.354 e. The highest BCUT2D eigenvalue weighted by Crippen LogP contribution is 2.23. The van der Waals surface area contributed by atoms with Gasteiger partial charge in [0.1, 0.15) is 11.6 Å². The number of aryl methyl sites for hydroxylation is 1. The summed E-state index contributed by atoms with van der Waals surface area (Å²) in [6.07, 6.45) is 0.754. The second-order valence-electron chi connectivity index (χ2n) is 5.32. The number of hydrogen-bond donors (Lipinski definition) is 1. The van der Waals surface area contributed by atoms with Gasteiger partial charge in [0.15, 0.2) is 0 Å². The van der Waals surface area contributed by atoms with Crippen molar-refractivity contribution in [3.8, 4) is 0 Å². The van der Waals surface area contributed by atoms with E-state index in [4.69, 9.17) is 0 Å². The summed E-state index contributed by atoms with van der Waals surface area (Å²) >= 11 is 0. The Morgan fingerprint density at radius 3 is 2.78 bits per heavy atom. The van der Waals surface area contributed by atoms with E-state index in [1.54, 1.807) is 6.07 Å². The molecule has 0 spiro atoms. The number of nitrogens with zero attached hydrogens (tertiary/aromatic N) is 3. The molecule has 1 aromatic heterocycles. The maximum Gasteiger partial charge on any atom is 0.252 e. The third-order valence-corrected chi connectivity index (χ3v) is 3.67. The molecule has 0 bridgehead atoms. The summed E-state index contributed by atoms with van der Waals surface area (Å²) in [4.78, 5) is 23.3. The molecule has 1 N–H and O–H groups in total. The van der Waals surface area contributed by atoms with Gasteiger partial charge in [-0.15, -0.1) is 0 Å². The number of H-pyrrole nitrogens is 1. The smallest absolute Gasteiger partial charge is 0.252 e. The minimum Gasteiger partial charge on any atom is -0.354 e. The summed E-state index contributed by atoms with van der Waals surface area (Å²) in [5, 5.41) is 0. The molecule has 2 atom stereocenters. The average Bonchev–Trinajstić information content (AvgIpc) is 2.70. The van der Waals surface area contributed by atoms with Crippen LogP contribution in [0.25, 0.3) is 0 Å². The molecule has 5 heteroatoms. The van der Waals surface area contributed by atoms with E-state index in [1.807, 2.05) is 6.92 Å². The van der Waals surface area contributed by atoms with Crippen LogP contribution in [0.15, 0.2) is 10.9 Å². The predicted molar refractivity (Wildman–Crippen MR) is 73.1 cm³/mol. The number of aromatic nitrogens is 2. The van der Waals surface area contributed by atoms with E-state index in [2.05, 4.69) is 40.8 Å². The normalized spacial score (nSPS) is 23.9. The molecule has 0 radical (unpaired) electrons. The van der Waals surface area contributed by atoms with Crippen LogP contribution in [0.2, 0.25) is 0 Å². The first-order valence-corrected chi connectivity index (χ1v) is 6.53. The lowest BCUT2D eigenvalue weighted by atomic mass is 10.1. The topological polar surface area (TPSA) is 52.2 Å². The molecule has 1 aromatic rings. The van der Waals surface area contributed by atoms with Crippen molar-refractivity contribution in [1.29, 1.82) is 0 Å². The van der Waals surface area contributed by atoms with Crippen LogP contribution in [0.5, 0.6) is 0 Å². The molecule has 5 nitrogen and oxygen atoms in total. The minimum atomic E-state index is -0.0576. The number of nitrogens with one attached hydrogen (secondary N) is 1. The van der Waals surface area contributed by atoms with Gasteiger partial charge in [-0.05, 0) is 20.0 Å². The highest BCUT2D eigenvalue weighted by atomic mass is 16.1. The predicted octanol–water partition coefficient (Wildman–Crippen LogP) is 0.719. The molecule has 18 heavy (non-hydrogen) atoms. The summed E-state index contributed by atoms with van der Waals surface area (Å²) in [5.74, 6) is 2.16. The Kier molecular flexibility index (Phi) is 3.71. The Morgan fingerprint density at radius 2 is 2.22 bits per heavy atom. The zero-order valence-corrected chi connectivity index (χ0v) is 11.6. The molecule has 2 rings (SSSR count). The van der Waals surface area contributed by atoms with Crippen molar-refractivity contribution in [1.82, 2.24) is 14.9 Å². The van der Waals surface area contributed by atoms with E-state index in [-0.39, 0.29) is 5.56 Å². The number of anilines is 1. The molecule has 1 fully saturated rings. The van der Waals surface area contributed by atoms with Gasteiger partial charge in [-0.1, -0.05) is 13.8 Å². The molecule has 1 aliphatic rings. The molecule has 1 aliphatic heterocycles. The van der Waals surface area contributed by atoms with Gasteiger partial charge in [0.2, 0.25) is 0 Å². The first-order valence-electron chi connectivity index (χ1n) is 6.53. The number of hydrogen-bond acceptors (Lipinski definition) is 4. The quantitative estimate of drug-likeness (QED) is 0.859. The van der Waals surface area contributed by atoms with Crippen molar-refractivity contribution in [2.75, 3.05) is 32.1 Å². The molecule has 2 unspecified atom stereocenters. The molecule has 0 amide bonds. The molecular weight excluding hydrogens is 228 g/mol.